The molecule has 0 radical (unpaired) electrons. The highest BCUT2D eigenvalue weighted by molar-refractivity contribution is 5.34. The van der Waals surface area contributed by atoms with Crippen molar-refractivity contribution in [3.63, 3.8) is 0 Å². The maximum Gasteiger partial charge on any atom is 0.121 e. The van der Waals surface area contributed by atoms with Gasteiger partial charge in [0.25, 0.3) is 0 Å². The molecule has 86 valence electrons. The largest absolute Gasteiger partial charge is 0.363 e. The Morgan fingerprint density at radius 1 is 1.00 bits per heavy atom. The smallest absolute Gasteiger partial charge is 0.121 e. The Hall–Kier alpha value is -1.26. The van der Waals surface area contributed by atoms with Crippen molar-refractivity contribution in [2.75, 3.05) is 0 Å². The molecular weight excluding hydrogens is 196 g/mol. The molecule has 1 aromatic rings. The molecule has 1 atom stereocenters. The van der Waals surface area contributed by atoms with Crippen molar-refractivity contribution < 1.29 is 4.74 Å². The lowest BCUT2D eigenvalue weighted by Gasteiger charge is -2.18. The van der Waals surface area contributed by atoms with Crippen molar-refractivity contribution >= 4 is 0 Å². The maximum absolute atomic E-state index is 5.76. The zero-order valence-electron chi connectivity index (χ0n) is 10.5. The van der Waals surface area contributed by atoms with E-state index in [4.69, 9.17) is 4.74 Å². The molecule has 0 bridgehead atoms. The number of hydrogen-bond acceptors (Lipinski definition) is 1. The Labute approximate surface area is 98.8 Å². The highest BCUT2D eigenvalue weighted by Crippen LogP contribution is 2.08. The fraction of sp³-hybridized carbons (Fsp3) is 0.467. The topological polar surface area (TPSA) is 9.23 Å². The first kappa shape index (κ1) is 12.8. The maximum atomic E-state index is 5.76. The Kier molecular flexibility index (Phi) is 5.08. The summed E-state index contributed by atoms with van der Waals surface area (Å²) in [5, 5.41) is 0. The molecule has 0 heterocycles. The van der Waals surface area contributed by atoms with Gasteiger partial charge in [-0.25, -0.2) is 0 Å². The van der Waals surface area contributed by atoms with Crippen LogP contribution in [0.15, 0.2) is 30.3 Å². The van der Waals surface area contributed by atoms with E-state index in [2.05, 4.69) is 25.7 Å². The van der Waals surface area contributed by atoms with Crippen LogP contribution in [0, 0.1) is 17.8 Å². The molecule has 1 unspecified atom stereocenters. The van der Waals surface area contributed by atoms with Gasteiger partial charge in [0.1, 0.15) is 6.10 Å². The Morgan fingerprint density at radius 2 is 1.62 bits per heavy atom. The van der Waals surface area contributed by atoms with Crippen LogP contribution in [0.5, 0.6) is 0 Å². The van der Waals surface area contributed by atoms with Crippen molar-refractivity contribution in [2.24, 2.45) is 5.92 Å². The number of rotatable bonds is 3. The molecule has 0 saturated heterocycles. The van der Waals surface area contributed by atoms with E-state index in [1.807, 2.05) is 44.2 Å². The van der Waals surface area contributed by atoms with Gasteiger partial charge in [-0.15, -0.1) is 0 Å². The molecule has 0 aliphatic heterocycles. The van der Waals surface area contributed by atoms with Crippen molar-refractivity contribution in [1.82, 2.24) is 0 Å². The Balaban J connectivity index is 2.72. The minimum Gasteiger partial charge on any atom is -0.363 e. The molecule has 0 fully saturated rings. The summed E-state index contributed by atoms with van der Waals surface area (Å²) >= 11 is 0. The van der Waals surface area contributed by atoms with Gasteiger partial charge in [0, 0.05) is 5.56 Å². The first-order valence-corrected chi connectivity index (χ1v) is 5.81. The predicted molar refractivity (Wildman–Crippen MR) is 68.2 cm³/mol. The summed E-state index contributed by atoms with van der Waals surface area (Å²) in [6, 6.07) is 10.0. The number of ether oxygens (including phenoxy) is 1. The number of benzene rings is 1. The molecule has 1 aromatic carbocycles. The van der Waals surface area contributed by atoms with Crippen molar-refractivity contribution in [3.05, 3.63) is 35.9 Å². The summed E-state index contributed by atoms with van der Waals surface area (Å²) in [5.74, 6) is 6.77. The van der Waals surface area contributed by atoms with E-state index < -0.39 is 0 Å². The van der Waals surface area contributed by atoms with Crippen molar-refractivity contribution in [1.29, 1.82) is 0 Å². The molecule has 0 amide bonds. The van der Waals surface area contributed by atoms with Crippen LogP contribution in [-0.2, 0) is 4.74 Å². The van der Waals surface area contributed by atoms with Crippen LogP contribution < -0.4 is 0 Å². The average molecular weight is 216 g/mol. The van der Waals surface area contributed by atoms with Crippen LogP contribution in [0.4, 0.5) is 0 Å². The summed E-state index contributed by atoms with van der Waals surface area (Å²) in [6.07, 6.45) is 0.234. The summed E-state index contributed by atoms with van der Waals surface area (Å²) in [6.45, 7) is 8.35. The summed E-state index contributed by atoms with van der Waals surface area (Å²) < 4.78 is 5.76. The third-order valence-electron chi connectivity index (χ3n) is 2.16. The third kappa shape index (κ3) is 4.51. The van der Waals surface area contributed by atoms with Crippen LogP contribution in [0.2, 0.25) is 0 Å². The van der Waals surface area contributed by atoms with Gasteiger partial charge >= 0.3 is 0 Å². The normalized spacial score (nSPS) is 12.4. The lowest BCUT2D eigenvalue weighted by atomic mass is 10.1. The molecule has 0 spiro atoms. The quantitative estimate of drug-likeness (QED) is 0.703. The van der Waals surface area contributed by atoms with Gasteiger partial charge in [-0.3, -0.25) is 0 Å². The van der Waals surface area contributed by atoms with Gasteiger partial charge in [-0.2, -0.15) is 0 Å². The van der Waals surface area contributed by atoms with Crippen LogP contribution >= 0.6 is 0 Å². The van der Waals surface area contributed by atoms with Crippen molar-refractivity contribution in [3.8, 4) is 11.8 Å². The predicted octanol–water partition coefficient (Wildman–Crippen LogP) is 3.49. The van der Waals surface area contributed by atoms with Crippen LogP contribution in [0.25, 0.3) is 0 Å². The Morgan fingerprint density at radius 3 is 2.12 bits per heavy atom. The van der Waals surface area contributed by atoms with Gasteiger partial charge in [0.05, 0.1) is 6.10 Å². The third-order valence-corrected chi connectivity index (χ3v) is 2.16. The van der Waals surface area contributed by atoms with E-state index in [1.54, 1.807) is 0 Å². The molecule has 0 aromatic heterocycles. The molecule has 0 aliphatic carbocycles. The molecule has 0 saturated carbocycles. The minimum absolute atomic E-state index is 0.0141. The van der Waals surface area contributed by atoms with E-state index >= 15 is 0 Å². The molecule has 0 aliphatic rings. The first-order valence-electron chi connectivity index (χ1n) is 5.81. The van der Waals surface area contributed by atoms with Gasteiger partial charge < -0.3 is 4.74 Å². The van der Waals surface area contributed by atoms with Gasteiger partial charge in [0.2, 0.25) is 0 Å². The van der Waals surface area contributed by atoms with E-state index in [-0.39, 0.29) is 12.2 Å². The second-order valence-electron chi connectivity index (χ2n) is 4.48. The van der Waals surface area contributed by atoms with Gasteiger partial charge in [0.15, 0.2) is 0 Å². The average Bonchev–Trinajstić information content (AvgIpc) is 2.25. The van der Waals surface area contributed by atoms with E-state index in [1.165, 1.54) is 0 Å². The molecular formula is C15H20O. The van der Waals surface area contributed by atoms with Crippen LogP contribution in [-0.4, -0.2) is 12.2 Å². The lowest BCUT2D eigenvalue weighted by Crippen LogP contribution is -2.21. The molecule has 0 N–H and O–H groups in total. The van der Waals surface area contributed by atoms with Gasteiger partial charge in [-0.1, -0.05) is 43.9 Å². The van der Waals surface area contributed by atoms with E-state index in [0.29, 0.717) is 5.92 Å². The van der Waals surface area contributed by atoms with E-state index in [0.717, 1.165) is 5.56 Å². The molecule has 16 heavy (non-hydrogen) atoms. The first-order chi connectivity index (χ1) is 7.59. The monoisotopic (exact) mass is 216 g/mol. The molecule has 1 nitrogen and oxygen atoms in total. The van der Waals surface area contributed by atoms with Crippen molar-refractivity contribution in [2.45, 2.75) is 39.9 Å². The minimum atomic E-state index is 0.0141. The van der Waals surface area contributed by atoms with Crippen LogP contribution in [0.3, 0.4) is 0 Å². The Bertz CT molecular complexity index is 354. The summed E-state index contributed by atoms with van der Waals surface area (Å²) in [4.78, 5) is 0. The fourth-order valence-corrected chi connectivity index (χ4v) is 1.33. The lowest BCUT2D eigenvalue weighted by molar-refractivity contribution is 0.0166. The zero-order valence-corrected chi connectivity index (χ0v) is 10.5. The fourth-order valence-electron chi connectivity index (χ4n) is 1.33. The molecule has 1 rings (SSSR count). The second-order valence-corrected chi connectivity index (χ2v) is 4.48. The van der Waals surface area contributed by atoms with Gasteiger partial charge in [-0.05, 0) is 31.9 Å². The highest BCUT2D eigenvalue weighted by Gasteiger charge is 2.11. The highest BCUT2D eigenvalue weighted by atomic mass is 16.5. The summed E-state index contributed by atoms with van der Waals surface area (Å²) in [5.41, 5.74) is 1.04. The molecule has 1 heteroatoms. The second kappa shape index (κ2) is 6.35. The van der Waals surface area contributed by atoms with Crippen LogP contribution in [0.1, 0.15) is 33.3 Å². The SMILES string of the molecule is CC(C)OC(C#Cc1ccccc1)C(C)C. The standard InChI is InChI=1S/C15H20O/c1-12(2)15(16-13(3)4)11-10-14-8-6-5-7-9-14/h5-9,12-13,15H,1-4H3. The summed E-state index contributed by atoms with van der Waals surface area (Å²) in [7, 11) is 0. The zero-order chi connectivity index (χ0) is 12.0. The van der Waals surface area contributed by atoms with E-state index in [9.17, 15) is 0 Å². The number of hydrogen-bond donors (Lipinski definition) is 0.